The fourth-order valence-electron chi connectivity index (χ4n) is 2.39. The molecule has 0 aliphatic carbocycles. The topological polar surface area (TPSA) is 50.4 Å². The molecule has 2 aromatic carbocycles. The molecule has 0 radical (unpaired) electrons. The first-order valence-electron chi connectivity index (χ1n) is 8.70. The summed E-state index contributed by atoms with van der Waals surface area (Å²) < 4.78 is 28.5. The van der Waals surface area contributed by atoms with Crippen molar-refractivity contribution in [2.45, 2.75) is 39.5 Å². The van der Waals surface area contributed by atoms with Crippen LogP contribution in [0.5, 0.6) is 5.75 Å². The molecule has 0 saturated carbocycles. The van der Waals surface area contributed by atoms with Crippen LogP contribution in [0.15, 0.2) is 48.5 Å². The zero-order chi connectivity index (χ0) is 18.8. The third-order valence-corrected chi connectivity index (χ3v) is 3.84. The van der Waals surface area contributed by atoms with E-state index in [0.29, 0.717) is 25.2 Å². The van der Waals surface area contributed by atoms with E-state index in [0.717, 1.165) is 24.0 Å². The number of benzene rings is 2. The van der Waals surface area contributed by atoms with E-state index >= 15 is 0 Å². The predicted molar refractivity (Wildman–Crippen MR) is 97.3 cm³/mol. The summed E-state index contributed by atoms with van der Waals surface area (Å²) in [5.74, 6) is 0.0978. The van der Waals surface area contributed by atoms with Crippen LogP contribution in [0.3, 0.4) is 0 Å². The zero-order valence-electron chi connectivity index (χ0n) is 14.8. The van der Waals surface area contributed by atoms with E-state index in [1.807, 2.05) is 24.3 Å². The van der Waals surface area contributed by atoms with E-state index < -0.39 is 6.61 Å². The van der Waals surface area contributed by atoms with Crippen LogP contribution in [0.2, 0.25) is 0 Å². The van der Waals surface area contributed by atoms with E-state index in [4.69, 9.17) is 0 Å². The number of amides is 1. The summed E-state index contributed by atoms with van der Waals surface area (Å²) in [6.45, 7) is 1.22. The minimum Gasteiger partial charge on any atom is -0.435 e. The fourth-order valence-corrected chi connectivity index (χ4v) is 2.39. The Hall–Kier alpha value is -2.47. The number of hydrogen-bond acceptors (Lipinski definition) is 3. The Morgan fingerprint density at radius 2 is 1.58 bits per heavy atom. The molecule has 0 spiro atoms. The van der Waals surface area contributed by atoms with Gasteiger partial charge < -0.3 is 15.4 Å². The molecular formula is C20H24F2N2O2. The second-order valence-electron chi connectivity index (χ2n) is 5.93. The Balaban J connectivity index is 1.76. The highest BCUT2D eigenvalue weighted by Gasteiger charge is 2.05. The van der Waals surface area contributed by atoms with E-state index in [1.165, 1.54) is 12.1 Å². The minimum absolute atomic E-state index is 0.0518. The van der Waals surface area contributed by atoms with Crippen LogP contribution < -0.4 is 15.4 Å². The number of rotatable bonds is 10. The maximum atomic E-state index is 12.1. The second kappa shape index (κ2) is 10.5. The van der Waals surface area contributed by atoms with Gasteiger partial charge in [-0.25, -0.2) is 0 Å². The molecule has 26 heavy (non-hydrogen) atoms. The number of carbonyl (C=O) groups excluding carboxylic acids is 1. The quantitative estimate of drug-likeness (QED) is 0.626. The summed E-state index contributed by atoms with van der Waals surface area (Å²) in [4.78, 5) is 11.9. The highest BCUT2D eigenvalue weighted by Crippen LogP contribution is 2.15. The Bertz CT molecular complexity index is 673. The highest BCUT2D eigenvalue weighted by atomic mass is 19.3. The van der Waals surface area contributed by atoms with Gasteiger partial charge >= 0.3 is 6.61 Å². The van der Waals surface area contributed by atoms with Gasteiger partial charge in [-0.1, -0.05) is 37.6 Å². The van der Waals surface area contributed by atoms with Gasteiger partial charge in [0.25, 0.3) is 5.91 Å². The van der Waals surface area contributed by atoms with E-state index in [1.54, 1.807) is 12.1 Å². The lowest BCUT2D eigenvalue weighted by Gasteiger charge is -2.08. The number of unbranched alkanes of at least 4 members (excludes halogenated alkanes) is 1. The molecule has 2 aromatic rings. The first kappa shape index (κ1) is 19.8. The van der Waals surface area contributed by atoms with Crippen LogP contribution in [-0.4, -0.2) is 19.1 Å². The lowest BCUT2D eigenvalue weighted by Crippen LogP contribution is -2.24. The van der Waals surface area contributed by atoms with Crippen molar-refractivity contribution in [1.82, 2.24) is 10.6 Å². The summed E-state index contributed by atoms with van der Waals surface area (Å²) in [7, 11) is 0. The number of hydrogen-bond donors (Lipinski definition) is 2. The van der Waals surface area contributed by atoms with Crippen molar-refractivity contribution in [2.24, 2.45) is 0 Å². The molecule has 4 nitrogen and oxygen atoms in total. The zero-order valence-corrected chi connectivity index (χ0v) is 14.8. The molecule has 0 aliphatic rings. The van der Waals surface area contributed by atoms with Crippen LogP contribution in [-0.2, 0) is 13.1 Å². The molecule has 2 N–H and O–H groups in total. The Labute approximate surface area is 152 Å². The summed E-state index contributed by atoms with van der Waals surface area (Å²) in [5.41, 5.74) is 2.69. The maximum absolute atomic E-state index is 12.1. The van der Waals surface area contributed by atoms with Crippen LogP contribution in [0, 0.1) is 0 Å². The Morgan fingerprint density at radius 1 is 1.00 bits per heavy atom. The van der Waals surface area contributed by atoms with Crippen molar-refractivity contribution >= 4 is 5.91 Å². The SMILES string of the molecule is CCCCNC(=O)c1ccc(CNCc2ccc(OC(F)F)cc2)cc1. The molecule has 6 heteroatoms. The molecular weight excluding hydrogens is 338 g/mol. The average Bonchev–Trinajstić information content (AvgIpc) is 2.63. The number of nitrogens with one attached hydrogen (secondary N) is 2. The second-order valence-corrected chi connectivity index (χ2v) is 5.93. The molecule has 140 valence electrons. The van der Waals surface area contributed by atoms with Crippen molar-refractivity contribution in [3.8, 4) is 5.75 Å². The molecule has 1 amide bonds. The van der Waals surface area contributed by atoms with Gasteiger partial charge in [0.1, 0.15) is 5.75 Å². The van der Waals surface area contributed by atoms with Crippen molar-refractivity contribution in [3.05, 3.63) is 65.2 Å². The van der Waals surface area contributed by atoms with Gasteiger partial charge in [-0.15, -0.1) is 0 Å². The number of ether oxygens (including phenoxy) is 1. The third-order valence-electron chi connectivity index (χ3n) is 3.84. The van der Waals surface area contributed by atoms with E-state index in [-0.39, 0.29) is 11.7 Å². The van der Waals surface area contributed by atoms with Crippen LogP contribution >= 0.6 is 0 Å². The van der Waals surface area contributed by atoms with Crippen molar-refractivity contribution in [2.75, 3.05) is 6.54 Å². The summed E-state index contributed by atoms with van der Waals surface area (Å²) in [5, 5.41) is 6.17. The molecule has 0 saturated heterocycles. The molecule has 0 bridgehead atoms. The molecule has 0 aliphatic heterocycles. The number of alkyl halides is 2. The molecule has 0 aromatic heterocycles. The minimum atomic E-state index is -2.81. The lowest BCUT2D eigenvalue weighted by molar-refractivity contribution is -0.0498. The van der Waals surface area contributed by atoms with Gasteiger partial charge in [0, 0.05) is 25.2 Å². The van der Waals surface area contributed by atoms with Gasteiger partial charge in [-0.3, -0.25) is 4.79 Å². The van der Waals surface area contributed by atoms with Gasteiger partial charge in [0.2, 0.25) is 0 Å². The summed E-state index contributed by atoms with van der Waals surface area (Å²) in [6.07, 6.45) is 2.02. The van der Waals surface area contributed by atoms with Gasteiger partial charge in [0.15, 0.2) is 0 Å². The monoisotopic (exact) mass is 362 g/mol. The first-order chi connectivity index (χ1) is 12.6. The lowest BCUT2D eigenvalue weighted by atomic mass is 10.1. The average molecular weight is 362 g/mol. The van der Waals surface area contributed by atoms with Gasteiger partial charge in [0.05, 0.1) is 0 Å². The van der Waals surface area contributed by atoms with E-state index in [9.17, 15) is 13.6 Å². The van der Waals surface area contributed by atoms with E-state index in [2.05, 4.69) is 22.3 Å². The maximum Gasteiger partial charge on any atom is 0.387 e. The van der Waals surface area contributed by atoms with Crippen molar-refractivity contribution in [1.29, 1.82) is 0 Å². The van der Waals surface area contributed by atoms with Gasteiger partial charge in [-0.2, -0.15) is 8.78 Å². The van der Waals surface area contributed by atoms with Crippen LogP contribution in [0.4, 0.5) is 8.78 Å². The van der Waals surface area contributed by atoms with Crippen LogP contribution in [0.1, 0.15) is 41.3 Å². The summed E-state index contributed by atoms with van der Waals surface area (Å²) in [6, 6.07) is 14.0. The smallest absolute Gasteiger partial charge is 0.387 e. The number of halogens is 2. The fraction of sp³-hybridized carbons (Fsp3) is 0.350. The Kier molecular flexibility index (Phi) is 8.02. The van der Waals surface area contributed by atoms with Gasteiger partial charge in [-0.05, 0) is 41.8 Å². The highest BCUT2D eigenvalue weighted by molar-refractivity contribution is 5.94. The molecule has 0 fully saturated rings. The normalized spacial score (nSPS) is 10.8. The van der Waals surface area contributed by atoms with Crippen molar-refractivity contribution in [3.63, 3.8) is 0 Å². The largest absolute Gasteiger partial charge is 0.435 e. The number of carbonyl (C=O) groups is 1. The van der Waals surface area contributed by atoms with Crippen molar-refractivity contribution < 1.29 is 18.3 Å². The Morgan fingerprint density at radius 3 is 2.12 bits per heavy atom. The summed E-state index contributed by atoms with van der Waals surface area (Å²) >= 11 is 0. The molecule has 0 heterocycles. The molecule has 0 unspecified atom stereocenters. The standard InChI is InChI=1S/C20H24F2N2O2/c1-2-3-12-24-19(25)17-8-4-15(5-9-17)13-23-14-16-6-10-18(11-7-16)26-20(21)22/h4-11,20,23H,2-3,12-14H2,1H3,(H,24,25). The van der Waals surface area contributed by atoms with Crippen LogP contribution in [0.25, 0.3) is 0 Å². The molecule has 0 atom stereocenters. The first-order valence-corrected chi connectivity index (χ1v) is 8.70. The predicted octanol–water partition coefficient (Wildman–Crippen LogP) is 4.11. The molecule has 2 rings (SSSR count). The third kappa shape index (κ3) is 6.80.